The first-order chi connectivity index (χ1) is 7.41. The van der Waals surface area contributed by atoms with Crippen molar-refractivity contribution >= 4 is 27.4 Å². The summed E-state index contributed by atoms with van der Waals surface area (Å²) in [6.07, 6.45) is 0.231. The Balaban J connectivity index is 2.65. The molecule has 0 aliphatic rings. The Bertz CT molecular complexity index is 481. The molecule has 0 aliphatic heterocycles. The number of rotatable bonds is 5. The van der Waals surface area contributed by atoms with Crippen LogP contribution in [0.1, 0.15) is 5.56 Å². The number of sulfone groups is 1. The summed E-state index contributed by atoms with van der Waals surface area (Å²) >= 11 is 5.85. The van der Waals surface area contributed by atoms with Gasteiger partial charge in [0.2, 0.25) is 0 Å². The van der Waals surface area contributed by atoms with Crippen molar-refractivity contribution in [2.75, 3.05) is 11.5 Å². The molecule has 1 aromatic carbocycles. The van der Waals surface area contributed by atoms with Gasteiger partial charge < -0.3 is 5.11 Å². The van der Waals surface area contributed by atoms with E-state index in [1.807, 2.05) is 0 Å². The van der Waals surface area contributed by atoms with Crippen molar-refractivity contribution in [2.24, 2.45) is 0 Å². The second-order valence-corrected chi connectivity index (χ2v) is 5.92. The minimum Gasteiger partial charge on any atom is -0.480 e. The van der Waals surface area contributed by atoms with Crippen LogP contribution in [0.15, 0.2) is 24.3 Å². The van der Waals surface area contributed by atoms with Crippen LogP contribution in [-0.4, -0.2) is 31.0 Å². The predicted molar refractivity (Wildman–Crippen MR) is 61.4 cm³/mol. The summed E-state index contributed by atoms with van der Waals surface area (Å²) < 4.78 is 22.6. The molecule has 6 heteroatoms. The van der Waals surface area contributed by atoms with Crippen LogP contribution < -0.4 is 0 Å². The zero-order valence-corrected chi connectivity index (χ0v) is 9.96. The first kappa shape index (κ1) is 13.0. The fourth-order valence-corrected chi connectivity index (χ4v) is 2.51. The summed E-state index contributed by atoms with van der Waals surface area (Å²) in [5.41, 5.74) is 0.707. The molecular weight excluding hydrogens is 252 g/mol. The van der Waals surface area contributed by atoms with Crippen molar-refractivity contribution in [3.8, 4) is 0 Å². The molecule has 0 unspecified atom stereocenters. The van der Waals surface area contributed by atoms with Gasteiger partial charge in [0, 0.05) is 5.02 Å². The summed E-state index contributed by atoms with van der Waals surface area (Å²) in [6.45, 7) is 0. The standard InChI is InChI=1S/C10H11ClO4S/c11-9-4-2-1-3-8(9)5-6-16(14,15)7-10(12)13/h1-4H,5-7H2,(H,12,13). The molecule has 1 rings (SSSR count). The maximum Gasteiger partial charge on any atom is 0.318 e. The van der Waals surface area contributed by atoms with Crippen molar-refractivity contribution in [3.63, 3.8) is 0 Å². The Hall–Kier alpha value is -1.07. The Labute approximate surface area is 98.8 Å². The lowest BCUT2D eigenvalue weighted by Crippen LogP contribution is -2.19. The van der Waals surface area contributed by atoms with E-state index >= 15 is 0 Å². The van der Waals surface area contributed by atoms with Gasteiger partial charge in [-0.3, -0.25) is 4.79 Å². The molecule has 4 nitrogen and oxygen atoms in total. The molecule has 0 bridgehead atoms. The third kappa shape index (κ3) is 4.20. The third-order valence-corrected chi connectivity index (χ3v) is 3.87. The second-order valence-electron chi connectivity index (χ2n) is 3.33. The molecule has 0 aliphatic carbocycles. The van der Waals surface area contributed by atoms with E-state index in [1.54, 1.807) is 24.3 Å². The molecular formula is C10H11ClO4S. The first-order valence-electron chi connectivity index (χ1n) is 4.56. The van der Waals surface area contributed by atoms with Crippen molar-refractivity contribution in [3.05, 3.63) is 34.9 Å². The highest BCUT2D eigenvalue weighted by Gasteiger charge is 2.16. The average Bonchev–Trinajstić information content (AvgIpc) is 2.14. The van der Waals surface area contributed by atoms with Crippen LogP contribution in [0.5, 0.6) is 0 Å². The first-order valence-corrected chi connectivity index (χ1v) is 6.76. The Morgan fingerprint density at radius 3 is 2.50 bits per heavy atom. The summed E-state index contributed by atoms with van der Waals surface area (Å²) in [5, 5.41) is 8.89. The number of carboxylic acids is 1. The quantitative estimate of drug-likeness (QED) is 0.870. The molecule has 88 valence electrons. The van der Waals surface area contributed by atoms with E-state index in [0.29, 0.717) is 10.6 Å². The van der Waals surface area contributed by atoms with Crippen LogP contribution in [0.2, 0.25) is 5.02 Å². The number of hydrogen-bond donors (Lipinski definition) is 1. The maximum atomic E-state index is 11.3. The highest BCUT2D eigenvalue weighted by Crippen LogP contribution is 2.15. The van der Waals surface area contributed by atoms with E-state index in [-0.39, 0.29) is 12.2 Å². The number of aliphatic carboxylic acids is 1. The maximum absolute atomic E-state index is 11.3. The molecule has 0 amide bonds. The van der Waals surface area contributed by atoms with Gasteiger partial charge in [0.25, 0.3) is 0 Å². The van der Waals surface area contributed by atoms with E-state index < -0.39 is 21.6 Å². The highest BCUT2D eigenvalue weighted by atomic mass is 35.5. The number of carboxylic acid groups (broad SMARTS) is 1. The molecule has 0 spiro atoms. The largest absolute Gasteiger partial charge is 0.480 e. The molecule has 0 fully saturated rings. The monoisotopic (exact) mass is 262 g/mol. The molecule has 0 radical (unpaired) electrons. The zero-order valence-electron chi connectivity index (χ0n) is 8.39. The number of aryl methyl sites for hydroxylation is 1. The zero-order chi connectivity index (χ0) is 12.2. The van der Waals surface area contributed by atoms with Gasteiger partial charge >= 0.3 is 5.97 Å². The van der Waals surface area contributed by atoms with Gasteiger partial charge in [0.1, 0.15) is 5.75 Å². The number of benzene rings is 1. The molecule has 16 heavy (non-hydrogen) atoms. The molecule has 0 heterocycles. The van der Waals surface area contributed by atoms with Gasteiger partial charge in [-0.2, -0.15) is 0 Å². The highest BCUT2D eigenvalue weighted by molar-refractivity contribution is 7.92. The van der Waals surface area contributed by atoms with E-state index in [2.05, 4.69) is 0 Å². The van der Waals surface area contributed by atoms with Crippen LogP contribution in [0, 0.1) is 0 Å². The van der Waals surface area contributed by atoms with Crippen LogP contribution in [0.3, 0.4) is 0 Å². The molecule has 0 saturated carbocycles. The van der Waals surface area contributed by atoms with Crippen LogP contribution >= 0.6 is 11.6 Å². The van der Waals surface area contributed by atoms with Gasteiger partial charge in [-0.25, -0.2) is 8.42 Å². The van der Waals surface area contributed by atoms with Crippen LogP contribution in [0.4, 0.5) is 0 Å². The summed E-state index contributed by atoms with van der Waals surface area (Å²) in [6, 6.07) is 6.89. The molecule has 0 aromatic heterocycles. The van der Waals surface area contributed by atoms with E-state index in [0.717, 1.165) is 0 Å². The van der Waals surface area contributed by atoms with E-state index in [9.17, 15) is 13.2 Å². The van der Waals surface area contributed by atoms with Gasteiger partial charge in [-0.05, 0) is 18.1 Å². The number of carbonyl (C=O) groups is 1. The smallest absolute Gasteiger partial charge is 0.318 e. The van der Waals surface area contributed by atoms with Crippen molar-refractivity contribution < 1.29 is 18.3 Å². The normalized spacial score (nSPS) is 11.3. The minimum absolute atomic E-state index is 0.205. The topological polar surface area (TPSA) is 71.4 Å². The molecule has 1 N–H and O–H groups in total. The third-order valence-electron chi connectivity index (χ3n) is 1.98. The summed E-state index contributed by atoms with van der Waals surface area (Å²) in [5.74, 6) is -2.38. The van der Waals surface area contributed by atoms with Crippen LogP contribution in [-0.2, 0) is 21.1 Å². The number of hydrogen-bond acceptors (Lipinski definition) is 3. The molecule has 1 aromatic rings. The fraction of sp³-hybridized carbons (Fsp3) is 0.300. The predicted octanol–water partition coefficient (Wildman–Crippen LogP) is 1.38. The van der Waals surface area contributed by atoms with Crippen molar-refractivity contribution in [2.45, 2.75) is 6.42 Å². The Morgan fingerprint density at radius 1 is 1.31 bits per heavy atom. The van der Waals surface area contributed by atoms with E-state index in [4.69, 9.17) is 16.7 Å². The average molecular weight is 263 g/mol. The Kier molecular flexibility index (Phi) is 4.32. The molecule has 0 saturated heterocycles. The van der Waals surface area contributed by atoms with Crippen molar-refractivity contribution in [1.82, 2.24) is 0 Å². The summed E-state index contributed by atoms with van der Waals surface area (Å²) in [4.78, 5) is 10.3. The van der Waals surface area contributed by atoms with Gasteiger partial charge in [0.15, 0.2) is 9.84 Å². The summed E-state index contributed by atoms with van der Waals surface area (Å²) in [7, 11) is -3.55. The molecule has 0 atom stereocenters. The van der Waals surface area contributed by atoms with E-state index in [1.165, 1.54) is 0 Å². The minimum atomic E-state index is -3.55. The van der Waals surface area contributed by atoms with Gasteiger partial charge in [0.05, 0.1) is 5.75 Å². The number of halogens is 1. The van der Waals surface area contributed by atoms with Crippen LogP contribution in [0.25, 0.3) is 0 Å². The van der Waals surface area contributed by atoms with Gasteiger partial charge in [-0.1, -0.05) is 29.8 Å². The lowest BCUT2D eigenvalue weighted by molar-refractivity contribution is -0.134. The Morgan fingerprint density at radius 2 is 1.94 bits per heavy atom. The fourth-order valence-electron chi connectivity index (χ4n) is 1.23. The van der Waals surface area contributed by atoms with Gasteiger partial charge in [-0.15, -0.1) is 0 Å². The van der Waals surface area contributed by atoms with Crippen molar-refractivity contribution in [1.29, 1.82) is 0 Å². The lowest BCUT2D eigenvalue weighted by atomic mass is 10.2. The lowest BCUT2D eigenvalue weighted by Gasteiger charge is -2.03. The second kappa shape index (κ2) is 5.32. The SMILES string of the molecule is O=C(O)CS(=O)(=O)CCc1ccccc1Cl.